The highest BCUT2D eigenvalue weighted by atomic mass is 32.1. The van der Waals surface area contributed by atoms with Crippen LogP contribution in [0, 0.1) is 0 Å². The summed E-state index contributed by atoms with van der Waals surface area (Å²) in [6.07, 6.45) is 0.875. The normalized spacial score (nSPS) is 6.75. The van der Waals surface area contributed by atoms with E-state index in [-0.39, 0.29) is 5.11 Å². The van der Waals surface area contributed by atoms with Crippen LogP contribution in [0.3, 0.4) is 0 Å². The molecule has 8 heavy (non-hydrogen) atoms. The Hall–Kier alpha value is -0.350. The third kappa shape index (κ3) is 289. The van der Waals surface area contributed by atoms with Gasteiger partial charge in [-0.2, -0.15) is 0 Å². The fourth-order valence-corrected chi connectivity index (χ4v) is 0. The van der Waals surface area contributed by atoms with Crippen LogP contribution in [-0.2, 0) is 0 Å². The Morgan fingerprint density at radius 3 is 1.75 bits per heavy atom. The van der Waals surface area contributed by atoms with Gasteiger partial charge in [-0.1, -0.05) is 6.92 Å². The van der Waals surface area contributed by atoms with Crippen molar-refractivity contribution < 1.29 is 5.11 Å². The van der Waals surface area contributed by atoms with Crippen LogP contribution in [0.25, 0.3) is 0 Å². The number of hydrogen-bond acceptors (Lipinski definition) is 2. The molecule has 0 saturated carbocycles. The molecule has 0 bridgehead atoms. The first kappa shape index (κ1) is 10.6. The Morgan fingerprint density at radius 2 is 1.75 bits per heavy atom. The topological polar surface area (TPSA) is 72.3 Å². The monoisotopic (exact) mass is 136 g/mol. The lowest BCUT2D eigenvalue weighted by atomic mass is 10.5. The highest BCUT2D eigenvalue weighted by molar-refractivity contribution is 7.80. The average molecular weight is 136 g/mol. The number of rotatable bonds is 1. The van der Waals surface area contributed by atoms with E-state index in [4.69, 9.17) is 5.11 Å². The molecule has 0 rings (SSSR count). The Labute approximate surface area is 54.7 Å². The van der Waals surface area contributed by atoms with Gasteiger partial charge in [0.15, 0.2) is 5.11 Å². The molecule has 0 aromatic rings. The van der Waals surface area contributed by atoms with Crippen molar-refractivity contribution in [1.82, 2.24) is 0 Å². The van der Waals surface area contributed by atoms with Gasteiger partial charge >= 0.3 is 0 Å². The SMILES string of the molecule is CCCO.NC(N)=S. The van der Waals surface area contributed by atoms with Gasteiger partial charge in [0.1, 0.15) is 0 Å². The molecule has 0 spiro atoms. The van der Waals surface area contributed by atoms with E-state index in [0.29, 0.717) is 6.61 Å². The molecule has 0 aliphatic rings. The van der Waals surface area contributed by atoms with E-state index < -0.39 is 0 Å². The summed E-state index contributed by atoms with van der Waals surface area (Å²) >= 11 is 4.09. The van der Waals surface area contributed by atoms with Crippen molar-refractivity contribution in [2.24, 2.45) is 11.5 Å². The molecule has 0 saturated heterocycles. The zero-order valence-electron chi connectivity index (χ0n) is 4.92. The average Bonchev–Trinajstić information content (AvgIpc) is 1.65. The van der Waals surface area contributed by atoms with E-state index in [2.05, 4.69) is 23.7 Å². The Kier molecular flexibility index (Phi) is 13.0. The maximum Gasteiger partial charge on any atom is 0.160 e. The van der Waals surface area contributed by atoms with Crippen molar-refractivity contribution in [1.29, 1.82) is 0 Å². The molecule has 5 N–H and O–H groups in total. The number of nitrogens with two attached hydrogens (primary N) is 2. The molecule has 0 amide bonds. The Balaban J connectivity index is 0. The molecule has 3 nitrogen and oxygen atoms in total. The number of aliphatic hydroxyl groups excluding tert-OH is 1. The standard InChI is InChI=1S/C3H8O.CH4N2S/c1-2-3-4;2-1(3)4/h4H,2-3H2,1H3;(H4,2,3,4). The summed E-state index contributed by atoms with van der Waals surface area (Å²) in [6, 6.07) is 0. The van der Waals surface area contributed by atoms with Gasteiger partial charge < -0.3 is 16.6 Å². The van der Waals surface area contributed by atoms with E-state index in [9.17, 15) is 0 Å². The third-order valence-electron chi connectivity index (χ3n) is 0.224. The summed E-state index contributed by atoms with van der Waals surface area (Å²) < 4.78 is 0. The molecule has 0 unspecified atom stereocenters. The van der Waals surface area contributed by atoms with Crippen LogP contribution < -0.4 is 11.5 Å². The molecule has 0 radical (unpaired) electrons. The van der Waals surface area contributed by atoms with Gasteiger partial charge in [0.05, 0.1) is 0 Å². The smallest absolute Gasteiger partial charge is 0.160 e. The molecule has 0 fully saturated rings. The summed E-state index contributed by atoms with van der Waals surface area (Å²) in [5.41, 5.74) is 9.24. The Morgan fingerprint density at radius 1 is 1.62 bits per heavy atom. The van der Waals surface area contributed by atoms with Crippen molar-refractivity contribution in [2.75, 3.05) is 6.61 Å². The highest BCUT2D eigenvalue weighted by Crippen LogP contribution is 1.61. The molecular formula is C4H12N2OS. The molecule has 50 valence electrons. The van der Waals surface area contributed by atoms with Crippen molar-refractivity contribution in [3.63, 3.8) is 0 Å². The highest BCUT2D eigenvalue weighted by Gasteiger charge is 1.57. The van der Waals surface area contributed by atoms with Gasteiger partial charge in [0, 0.05) is 6.61 Å². The van der Waals surface area contributed by atoms with Crippen LogP contribution in [0.4, 0.5) is 0 Å². The molecule has 0 aliphatic heterocycles. The minimum absolute atomic E-state index is 0.000000000000000222. The summed E-state index contributed by atoms with van der Waals surface area (Å²) in [7, 11) is 0. The zero-order chi connectivity index (χ0) is 6.99. The molecule has 0 heterocycles. The summed E-state index contributed by atoms with van der Waals surface area (Å²) in [5, 5.41) is 7.88. The van der Waals surface area contributed by atoms with Crippen molar-refractivity contribution in [3.05, 3.63) is 0 Å². The fourth-order valence-electron chi connectivity index (χ4n) is 0. The maximum atomic E-state index is 7.88. The zero-order valence-corrected chi connectivity index (χ0v) is 5.74. The Bertz CT molecular complexity index is 52.0. The van der Waals surface area contributed by atoms with E-state index in [0.717, 1.165) is 6.42 Å². The second kappa shape index (κ2) is 9.82. The van der Waals surface area contributed by atoms with Gasteiger partial charge in [-0.15, -0.1) is 0 Å². The fraction of sp³-hybridized carbons (Fsp3) is 0.750. The minimum atomic E-state index is 0.000000000000000222. The van der Waals surface area contributed by atoms with Gasteiger partial charge in [-0.3, -0.25) is 0 Å². The molecule has 4 heteroatoms. The van der Waals surface area contributed by atoms with E-state index in [1.807, 2.05) is 6.92 Å². The number of hydrogen-bond donors (Lipinski definition) is 3. The molecule has 0 atom stereocenters. The van der Waals surface area contributed by atoms with Gasteiger partial charge in [0.25, 0.3) is 0 Å². The summed E-state index contributed by atoms with van der Waals surface area (Å²) in [4.78, 5) is 0. The first-order chi connectivity index (χ1) is 3.65. The van der Waals surface area contributed by atoms with E-state index in [1.165, 1.54) is 0 Å². The predicted molar refractivity (Wildman–Crippen MR) is 38.3 cm³/mol. The molecule has 0 aromatic carbocycles. The second-order valence-electron chi connectivity index (χ2n) is 1.13. The molecular weight excluding hydrogens is 124 g/mol. The molecule has 0 aliphatic carbocycles. The second-order valence-corrected chi connectivity index (χ2v) is 1.60. The largest absolute Gasteiger partial charge is 0.396 e. The van der Waals surface area contributed by atoms with Crippen LogP contribution in [0.15, 0.2) is 0 Å². The predicted octanol–water partition coefficient (Wildman–Crippen LogP) is -0.423. The minimum Gasteiger partial charge on any atom is -0.396 e. The van der Waals surface area contributed by atoms with E-state index in [1.54, 1.807) is 0 Å². The lowest BCUT2D eigenvalue weighted by Crippen LogP contribution is -2.18. The van der Waals surface area contributed by atoms with Crippen LogP contribution >= 0.6 is 12.2 Å². The van der Waals surface area contributed by atoms with Crippen LogP contribution in [0.5, 0.6) is 0 Å². The van der Waals surface area contributed by atoms with E-state index >= 15 is 0 Å². The van der Waals surface area contributed by atoms with Crippen LogP contribution in [-0.4, -0.2) is 16.8 Å². The van der Waals surface area contributed by atoms with Crippen molar-refractivity contribution >= 4 is 17.3 Å². The van der Waals surface area contributed by atoms with Gasteiger partial charge in [0.2, 0.25) is 0 Å². The third-order valence-corrected chi connectivity index (χ3v) is 0.224. The summed E-state index contributed by atoms with van der Waals surface area (Å²) in [5.74, 6) is 0. The quantitative estimate of drug-likeness (QED) is 0.428. The lowest BCUT2D eigenvalue weighted by Gasteiger charge is -1.69. The number of thiocarbonyl (C=S) groups is 1. The molecule has 0 aromatic heterocycles. The lowest BCUT2D eigenvalue weighted by molar-refractivity contribution is 0.295. The summed E-state index contributed by atoms with van der Waals surface area (Å²) in [6.45, 7) is 2.25. The van der Waals surface area contributed by atoms with Gasteiger partial charge in [-0.05, 0) is 18.6 Å². The maximum absolute atomic E-state index is 7.88. The van der Waals surface area contributed by atoms with Crippen molar-refractivity contribution in [2.45, 2.75) is 13.3 Å². The van der Waals surface area contributed by atoms with Crippen molar-refractivity contribution in [3.8, 4) is 0 Å². The first-order valence-corrected chi connectivity index (χ1v) is 2.71. The van der Waals surface area contributed by atoms with Gasteiger partial charge in [-0.25, -0.2) is 0 Å². The van der Waals surface area contributed by atoms with Crippen LogP contribution in [0.2, 0.25) is 0 Å². The first-order valence-electron chi connectivity index (χ1n) is 2.30. The van der Waals surface area contributed by atoms with Crippen LogP contribution in [0.1, 0.15) is 13.3 Å². The number of aliphatic hydroxyl groups is 1.